The summed E-state index contributed by atoms with van der Waals surface area (Å²) in [6, 6.07) is 5.43. The summed E-state index contributed by atoms with van der Waals surface area (Å²) in [6.45, 7) is 2.90. The number of hydrogen-bond donors (Lipinski definition) is 0. The van der Waals surface area contributed by atoms with Gasteiger partial charge in [0, 0.05) is 18.3 Å². The van der Waals surface area contributed by atoms with Crippen molar-refractivity contribution in [2.24, 2.45) is 0 Å². The van der Waals surface area contributed by atoms with Crippen LogP contribution in [0.4, 0.5) is 0 Å². The molecule has 3 aromatic rings. The lowest BCUT2D eigenvalue weighted by atomic mass is 10.2. The standard InChI is InChI=1S/C14H11ClN4O3/c1-2-19-6-9(15)12(18-19)14-17-16-13(22-14)8-3-4-10-11(5-8)21-7-20-10/h3-6H,2,7H2,1H3. The first-order valence-electron chi connectivity index (χ1n) is 6.71. The van der Waals surface area contributed by atoms with Gasteiger partial charge >= 0.3 is 0 Å². The Balaban J connectivity index is 1.70. The van der Waals surface area contributed by atoms with Gasteiger partial charge in [-0.3, -0.25) is 4.68 Å². The van der Waals surface area contributed by atoms with E-state index >= 15 is 0 Å². The van der Waals surface area contributed by atoms with Gasteiger partial charge in [-0.05, 0) is 25.1 Å². The number of fused-ring (bicyclic) bond motifs is 1. The van der Waals surface area contributed by atoms with Gasteiger partial charge in [0.05, 0.1) is 5.02 Å². The minimum absolute atomic E-state index is 0.220. The quantitative estimate of drug-likeness (QED) is 0.739. The Morgan fingerprint density at radius 2 is 2.00 bits per heavy atom. The predicted octanol–water partition coefficient (Wildman–Crippen LogP) is 3.00. The monoisotopic (exact) mass is 318 g/mol. The molecule has 0 fully saturated rings. The molecule has 0 radical (unpaired) electrons. The van der Waals surface area contributed by atoms with Crippen molar-refractivity contribution < 1.29 is 13.9 Å². The minimum Gasteiger partial charge on any atom is -0.454 e. The van der Waals surface area contributed by atoms with E-state index < -0.39 is 0 Å². The Labute approximate surface area is 130 Å². The third-order valence-corrected chi connectivity index (χ3v) is 3.56. The van der Waals surface area contributed by atoms with E-state index in [0.717, 1.165) is 5.56 Å². The molecular weight excluding hydrogens is 308 g/mol. The van der Waals surface area contributed by atoms with Crippen LogP contribution in [0.2, 0.25) is 5.02 Å². The maximum Gasteiger partial charge on any atom is 0.270 e. The van der Waals surface area contributed by atoms with Crippen LogP contribution in [0, 0.1) is 0 Å². The van der Waals surface area contributed by atoms with Crippen molar-refractivity contribution in [1.29, 1.82) is 0 Å². The molecule has 0 saturated heterocycles. The Hall–Kier alpha value is -2.54. The average Bonchev–Trinajstić information content (AvgIpc) is 3.24. The molecule has 8 heteroatoms. The van der Waals surface area contributed by atoms with Crippen LogP contribution in [0.3, 0.4) is 0 Å². The Kier molecular flexibility index (Phi) is 3.00. The highest BCUT2D eigenvalue weighted by Gasteiger charge is 2.19. The third kappa shape index (κ3) is 2.10. The van der Waals surface area contributed by atoms with Crippen LogP contribution in [-0.4, -0.2) is 26.8 Å². The molecule has 0 N–H and O–H groups in total. The number of hydrogen-bond acceptors (Lipinski definition) is 6. The van der Waals surface area contributed by atoms with Gasteiger partial charge in [0.15, 0.2) is 17.2 Å². The molecule has 0 bridgehead atoms. The molecule has 112 valence electrons. The summed E-state index contributed by atoms with van der Waals surface area (Å²) in [5.74, 6) is 2.01. The summed E-state index contributed by atoms with van der Waals surface area (Å²) < 4.78 is 18.0. The van der Waals surface area contributed by atoms with Gasteiger partial charge in [-0.25, -0.2) is 0 Å². The Morgan fingerprint density at radius 3 is 2.82 bits per heavy atom. The summed E-state index contributed by atoms with van der Waals surface area (Å²) in [7, 11) is 0. The summed E-state index contributed by atoms with van der Waals surface area (Å²) in [5.41, 5.74) is 1.22. The lowest BCUT2D eigenvalue weighted by molar-refractivity contribution is 0.174. The van der Waals surface area contributed by atoms with E-state index in [0.29, 0.717) is 34.7 Å². The van der Waals surface area contributed by atoms with Gasteiger partial charge in [-0.2, -0.15) is 5.10 Å². The van der Waals surface area contributed by atoms with Crippen LogP contribution in [0.5, 0.6) is 11.5 Å². The molecule has 1 aromatic carbocycles. The highest BCUT2D eigenvalue weighted by molar-refractivity contribution is 6.32. The first kappa shape index (κ1) is 13.1. The van der Waals surface area contributed by atoms with Crippen LogP contribution in [0.15, 0.2) is 28.8 Å². The number of aromatic nitrogens is 4. The van der Waals surface area contributed by atoms with Crippen LogP contribution in [0.25, 0.3) is 23.0 Å². The molecule has 0 aliphatic carbocycles. The van der Waals surface area contributed by atoms with Gasteiger partial charge in [0.1, 0.15) is 0 Å². The molecule has 0 amide bonds. The molecule has 7 nitrogen and oxygen atoms in total. The molecule has 3 heterocycles. The Bertz CT molecular complexity index is 842. The lowest BCUT2D eigenvalue weighted by Crippen LogP contribution is -1.93. The summed E-state index contributed by atoms with van der Waals surface area (Å²) in [6.07, 6.45) is 1.72. The highest BCUT2D eigenvalue weighted by atomic mass is 35.5. The fraction of sp³-hybridized carbons (Fsp3) is 0.214. The zero-order chi connectivity index (χ0) is 15.1. The zero-order valence-electron chi connectivity index (χ0n) is 11.6. The first-order valence-corrected chi connectivity index (χ1v) is 7.09. The van der Waals surface area contributed by atoms with E-state index in [2.05, 4.69) is 15.3 Å². The van der Waals surface area contributed by atoms with E-state index in [1.807, 2.05) is 13.0 Å². The van der Waals surface area contributed by atoms with E-state index in [9.17, 15) is 0 Å². The van der Waals surface area contributed by atoms with Crippen LogP contribution >= 0.6 is 11.6 Å². The van der Waals surface area contributed by atoms with E-state index in [4.69, 9.17) is 25.5 Å². The van der Waals surface area contributed by atoms with Crippen molar-refractivity contribution in [2.45, 2.75) is 13.5 Å². The number of nitrogens with zero attached hydrogens (tertiary/aromatic N) is 4. The van der Waals surface area contributed by atoms with Crippen molar-refractivity contribution in [3.63, 3.8) is 0 Å². The molecule has 1 aliphatic heterocycles. The second-order valence-electron chi connectivity index (χ2n) is 4.66. The maximum absolute atomic E-state index is 6.14. The normalized spacial score (nSPS) is 12.8. The lowest BCUT2D eigenvalue weighted by Gasteiger charge is -1.97. The van der Waals surface area contributed by atoms with Gasteiger partial charge in [0.25, 0.3) is 5.89 Å². The fourth-order valence-electron chi connectivity index (χ4n) is 2.17. The Morgan fingerprint density at radius 1 is 1.18 bits per heavy atom. The van der Waals surface area contributed by atoms with E-state index in [1.165, 1.54) is 0 Å². The molecule has 0 spiro atoms. The van der Waals surface area contributed by atoms with Gasteiger partial charge in [-0.15, -0.1) is 10.2 Å². The number of aryl methyl sites for hydroxylation is 1. The minimum atomic E-state index is 0.220. The molecule has 2 aromatic heterocycles. The van der Waals surface area contributed by atoms with Gasteiger partial charge in [0.2, 0.25) is 12.7 Å². The second-order valence-corrected chi connectivity index (χ2v) is 5.07. The smallest absolute Gasteiger partial charge is 0.270 e. The van der Waals surface area contributed by atoms with Crippen molar-refractivity contribution >= 4 is 11.6 Å². The highest BCUT2D eigenvalue weighted by Crippen LogP contribution is 2.36. The third-order valence-electron chi connectivity index (χ3n) is 3.29. The SMILES string of the molecule is CCn1cc(Cl)c(-c2nnc(-c3ccc4c(c3)OCO4)o2)n1. The molecular formula is C14H11ClN4O3. The van der Waals surface area contributed by atoms with E-state index in [-0.39, 0.29) is 12.7 Å². The molecule has 0 saturated carbocycles. The maximum atomic E-state index is 6.14. The summed E-state index contributed by atoms with van der Waals surface area (Å²) >= 11 is 6.14. The molecule has 0 unspecified atom stereocenters. The second kappa shape index (κ2) is 5.03. The average molecular weight is 319 g/mol. The van der Waals surface area contributed by atoms with Gasteiger partial charge in [-0.1, -0.05) is 11.6 Å². The molecule has 22 heavy (non-hydrogen) atoms. The summed E-state index contributed by atoms with van der Waals surface area (Å²) in [5, 5.41) is 12.8. The van der Waals surface area contributed by atoms with E-state index in [1.54, 1.807) is 23.0 Å². The predicted molar refractivity (Wildman–Crippen MR) is 77.8 cm³/mol. The van der Waals surface area contributed by atoms with Crippen molar-refractivity contribution in [3.8, 4) is 34.5 Å². The van der Waals surface area contributed by atoms with Gasteiger partial charge < -0.3 is 13.9 Å². The van der Waals surface area contributed by atoms with Crippen LogP contribution in [-0.2, 0) is 6.54 Å². The molecule has 1 aliphatic rings. The topological polar surface area (TPSA) is 75.2 Å². The largest absolute Gasteiger partial charge is 0.454 e. The van der Waals surface area contributed by atoms with Crippen LogP contribution < -0.4 is 9.47 Å². The number of rotatable bonds is 3. The fourth-order valence-corrected chi connectivity index (χ4v) is 2.40. The van der Waals surface area contributed by atoms with Crippen molar-refractivity contribution in [1.82, 2.24) is 20.0 Å². The van der Waals surface area contributed by atoms with Crippen LogP contribution in [0.1, 0.15) is 6.92 Å². The number of halogens is 1. The summed E-state index contributed by atoms with van der Waals surface area (Å²) in [4.78, 5) is 0. The van der Waals surface area contributed by atoms with Crippen molar-refractivity contribution in [2.75, 3.05) is 6.79 Å². The van der Waals surface area contributed by atoms with Crippen molar-refractivity contribution in [3.05, 3.63) is 29.4 Å². The molecule has 4 rings (SSSR count). The zero-order valence-corrected chi connectivity index (χ0v) is 12.4. The number of benzene rings is 1. The molecule has 0 atom stereocenters. The number of ether oxygens (including phenoxy) is 2. The first-order chi connectivity index (χ1) is 10.7.